The molecular weight excluding hydrogens is 426 g/mol. The van der Waals surface area contributed by atoms with Gasteiger partial charge < -0.3 is 10.1 Å². The number of anilines is 1. The van der Waals surface area contributed by atoms with Crippen LogP contribution in [0.1, 0.15) is 33.0 Å². The van der Waals surface area contributed by atoms with Crippen LogP contribution in [0, 0.1) is 20.8 Å². The van der Waals surface area contributed by atoms with Gasteiger partial charge in [0.05, 0.1) is 23.6 Å². The molecule has 8 heteroatoms. The van der Waals surface area contributed by atoms with Gasteiger partial charge in [-0.05, 0) is 56.7 Å². The molecule has 0 aliphatic rings. The topological polar surface area (TPSA) is 74.0 Å². The number of carbonyl (C=O) groups excluding carboxylic acids is 1. The third-order valence-corrected chi connectivity index (χ3v) is 5.44. The van der Waals surface area contributed by atoms with Gasteiger partial charge in [-0.15, -0.1) is 0 Å². The highest BCUT2D eigenvalue weighted by molar-refractivity contribution is 6.30. The maximum atomic E-state index is 13.0. The van der Waals surface area contributed by atoms with Crippen molar-refractivity contribution in [2.24, 2.45) is 0 Å². The zero-order valence-electron chi connectivity index (χ0n) is 18.2. The van der Waals surface area contributed by atoms with Gasteiger partial charge in [0.15, 0.2) is 6.73 Å². The average Bonchev–Trinajstić information content (AvgIpc) is 3.35. The highest BCUT2D eigenvalue weighted by Crippen LogP contribution is 2.22. The molecule has 0 radical (unpaired) electrons. The second kappa shape index (κ2) is 9.28. The lowest BCUT2D eigenvalue weighted by Gasteiger charge is -2.11. The summed E-state index contributed by atoms with van der Waals surface area (Å²) in [5, 5.41) is 12.4. The predicted octanol–water partition coefficient (Wildman–Crippen LogP) is 5.00. The van der Waals surface area contributed by atoms with Gasteiger partial charge in [0, 0.05) is 11.2 Å². The molecule has 0 saturated heterocycles. The molecule has 7 nitrogen and oxygen atoms in total. The normalized spacial score (nSPS) is 10.9. The molecule has 0 spiro atoms. The molecule has 0 fully saturated rings. The van der Waals surface area contributed by atoms with Crippen molar-refractivity contribution in [3.63, 3.8) is 0 Å². The molecule has 4 aromatic rings. The van der Waals surface area contributed by atoms with E-state index in [1.165, 1.54) is 10.2 Å². The molecule has 0 unspecified atom stereocenters. The van der Waals surface area contributed by atoms with Crippen LogP contribution in [0.15, 0.2) is 60.8 Å². The molecular formula is C24H24ClN5O2. The molecule has 0 saturated carbocycles. The van der Waals surface area contributed by atoms with Gasteiger partial charge in [0.1, 0.15) is 11.4 Å². The molecule has 1 N–H and O–H groups in total. The molecule has 2 aromatic carbocycles. The summed E-state index contributed by atoms with van der Waals surface area (Å²) in [7, 11) is 0. The number of rotatable bonds is 7. The number of benzene rings is 2. The van der Waals surface area contributed by atoms with Crippen LogP contribution in [0.4, 0.5) is 5.69 Å². The van der Waals surface area contributed by atoms with E-state index in [1.54, 1.807) is 36.5 Å². The second-order valence-corrected chi connectivity index (χ2v) is 8.02. The first-order chi connectivity index (χ1) is 15.4. The van der Waals surface area contributed by atoms with Crippen molar-refractivity contribution in [2.45, 2.75) is 34.0 Å². The molecule has 0 aliphatic carbocycles. The Labute approximate surface area is 191 Å². The van der Waals surface area contributed by atoms with Gasteiger partial charge in [-0.3, -0.25) is 9.48 Å². The summed E-state index contributed by atoms with van der Waals surface area (Å²) in [6, 6.07) is 17.0. The summed E-state index contributed by atoms with van der Waals surface area (Å²) in [6.45, 7) is 6.63. The number of hydrogen-bond donors (Lipinski definition) is 1. The summed E-state index contributed by atoms with van der Waals surface area (Å²) in [5.74, 6) is 0.364. The van der Waals surface area contributed by atoms with Crippen molar-refractivity contribution in [1.29, 1.82) is 0 Å². The van der Waals surface area contributed by atoms with E-state index in [4.69, 9.17) is 16.3 Å². The largest absolute Gasteiger partial charge is 0.471 e. The first kappa shape index (κ1) is 21.6. The van der Waals surface area contributed by atoms with Gasteiger partial charge in [-0.1, -0.05) is 41.4 Å². The highest BCUT2D eigenvalue weighted by atomic mass is 35.5. The Morgan fingerprint density at radius 2 is 1.72 bits per heavy atom. The number of amides is 1. The number of halogens is 1. The molecule has 32 heavy (non-hydrogen) atoms. The number of aryl methyl sites for hydroxylation is 2. The Hall–Kier alpha value is -3.58. The van der Waals surface area contributed by atoms with Crippen LogP contribution in [-0.2, 0) is 13.3 Å². The van der Waals surface area contributed by atoms with Gasteiger partial charge in [-0.25, -0.2) is 4.68 Å². The van der Waals surface area contributed by atoms with Crippen LogP contribution >= 0.6 is 11.6 Å². The highest BCUT2D eigenvalue weighted by Gasteiger charge is 2.18. The van der Waals surface area contributed by atoms with Crippen molar-refractivity contribution in [3.8, 4) is 5.75 Å². The number of aromatic nitrogens is 4. The van der Waals surface area contributed by atoms with Crippen molar-refractivity contribution in [1.82, 2.24) is 19.6 Å². The molecule has 2 heterocycles. The molecule has 164 valence electrons. The summed E-state index contributed by atoms with van der Waals surface area (Å²) >= 11 is 5.90. The van der Waals surface area contributed by atoms with Crippen molar-refractivity contribution in [3.05, 3.63) is 94.0 Å². The Morgan fingerprint density at radius 3 is 2.44 bits per heavy atom. The fraction of sp³-hybridized carbons (Fsp3) is 0.208. The number of ether oxygens (including phenoxy) is 1. The fourth-order valence-electron chi connectivity index (χ4n) is 3.37. The van der Waals surface area contributed by atoms with Crippen molar-refractivity contribution >= 4 is 23.2 Å². The Balaban J connectivity index is 1.46. The summed E-state index contributed by atoms with van der Waals surface area (Å²) in [5.41, 5.74) is 5.10. The van der Waals surface area contributed by atoms with E-state index >= 15 is 0 Å². The van der Waals surface area contributed by atoms with Crippen LogP contribution in [0.25, 0.3) is 0 Å². The van der Waals surface area contributed by atoms with Crippen molar-refractivity contribution in [2.75, 3.05) is 5.32 Å². The summed E-state index contributed by atoms with van der Waals surface area (Å²) in [6.07, 6.45) is 1.57. The van der Waals surface area contributed by atoms with Crippen molar-refractivity contribution < 1.29 is 9.53 Å². The molecule has 0 aliphatic heterocycles. The van der Waals surface area contributed by atoms with Crippen LogP contribution in [0.2, 0.25) is 5.02 Å². The van der Waals surface area contributed by atoms with E-state index in [2.05, 4.69) is 46.7 Å². The maximum absolute atomic E-state index is 13.0. The minimum Gasteiger partial charge on any atom is -0.471 e. The monoisotopic (exact) mass is 449 g/mol. The van der Waals surface area contributed by atoms with Crippen LogP contribution in [0.3, 0.4) is 0 Å². The molecule has 1 amide bonds. The van der Waals surface area contributed by atoms with E-state index in [9.17, 15) is 4.79 Å². The summed E-state index contributed by atoms with van der Waals surface area (Å²) in [4.78, 5) is 13.0. The minimum atomic E-state index is -0.275. The SMILES string of the molecule is Cc1ccc(Cn2nc(C)c(NC(=O)c3ccnn3COc3ccc(Cl)cc3)c2C)cc1. The third kappa shape index (κ3) is 4.84. The Kier molecular flexibility index (Phi) is 6.28. The van der Waals surface area contributed by atoms with Crippen LogP contribution in [0.5, 0.6) is 5.75 Å². The van der Waals surface area contributed by atoms with E-state index in [0.29, 0.717) is 28.7 Å². The Morgan fingerprint density at radius 1 is 1.00 bits per heavy atom. The lowest BCUT2D eigenvalue weighted by molar-refractivity contribution is 0.100. The molecule has 2 aromatic heterocycles. The van der Waals surface area contributed by atoms with Gasteiger partial charge in [-0.2, -0.15) is 10.2 Å². The quantitative estimate of drug-likeness (QED) is 0.431. The van der Waals surface area contributed by atoms with Gasteiger partial charge >= 0.3 is 0 Å². The van der Waals surface area contributed by atoms with Crippen LogP contribution < -0.4 is 10.1 Å². The minimum absolute atomic E-state index is 0.0992. The lowest BCUT2D eigenvalue weighted by Crippen LogP contribution is -2.20. The zero-order valence-corrected chi connectivity index (χ0v) is 18.9. The number of nitrogens with one attached hydrogen (secondary N) is 1. The summed E-state index contributed by atoms with van der Waals surface area (Å²) < 4.78 is 9.12. The maximum Gasteiger partial charge on any atom is 0.274 e. The average molecular weight is 450 g/mol. The number of carbonyl (C=O) groups is 1. The second-order valence-electron chi connectivity index (χ2n) is 7.59. The molecule has 0 bridgehead atoms. The standard InChI is InChI=1S/C24H24ClN5O2/c1-16-4-6-19(7-5-16)14-29-18(3)23(17(2)28-29)27-24(31)22-12-13-26-30(22)15-32-21-10-8-20(25)9-11-21/h4-13H,14-15H2,1-3H3,(H,27,31). The zero-order chi connectivity index (χ0) is 22.7. The van der Waals surface area contributed by atoms with E-state index in [0.717, 1.165) is 17.0 Å². The number of nitrogens with zero attached hydrogens (tertiary/aromatic N) is 4. The van der Waals surface area contributed by atoms with E-state index in [-0.39, 0.29) is 12.6 Å². The first-order valence-corrected chi connectivity index (χ1v) is 10.6. The molecule has 0 atom stereocenters. The molecule has 4 rings (SSSR count). The lowest BCUT2D eigenvalue weighted by atomic mass is 10.1. The first-order valence-electron chi connectivity index (χ1n) is 10.2. The van der Waals surface area contributed by atoms with E-state index in [1.807, 2.05) is 18.5 Å². The Bertz CT molecular complexity index is 1230. The van der Waals surface area contributed by atoms with E-state index < -0.39 is 0 Å². The smallest absolute Gasteiger partial charge is 0.274 e. The number of hydrogen-bond acceptors (Lipinski definition) is 4. The predicted molar refractivity (Wildman–Crippen MR) is 124 cm³/mol. The third-order valence-electron chi connectivity index (χ3n) is 5.19. The van der Waals surface area contributed by atoms with Gasteiger partial charge in [0.25, 0.3) is 5.91 Å². The van der Waals surface area contributed by atoms with Crippen LogP contribution in [-0.4, -0.2) is 25.5 Å². The van der Waals surface area contributed by atoms with Gasteiger partial charge in [0.2, 0.25) is 0 Å². The fourth-order valence-corrected chi connectivity index (χ4v) is 3.50.